The van der Waals surface area contributed by atoms with E-state index >= 15 is 0 Å². The van der Waals surface area contributed by atoms with Crippen LogP contribution in [0.15, 0.2) is 30.3 Å². The molecular formula is C16H24N2O2. The molecule has 0 bridgehead atoms. The van der Waals surface area contributed by atoms with Gasteiger partial charge < -0.3 is 15.0 Å². The number of hydrogen-bond acceptors (Lipinski definition) is 3. The van der Waals surface area contributed by atoms with E-state index in [4.69, 9.17) is 4.74 Å². The van der Waals surface area contributed by atoms with Gasteiger partial charge in [-0.05, 0) is 25.5 Å². The minimum Gasteiger partial charge on any atom is -0.445 e. The molecule has 20 heavy (non-hydrogen) atoms. The fraction of sp³-hybridized carbons (Fsp3) is 0.562. The van der Waals surface area contributed by atoms with Gasteiger partial charge in [-0.2, -0.15) is 0 Å². The molecule has 1 aromatic rings. The molecule has 2 atom stereocenters. The molecular weight excluding hydrogens is 252 g/mol. The number of amides is 1. The van der Waals surface area contributed by atoms with E-state index in [1.165, 1.54) is 12.8 Å². The maximum Gasteiger partial charge on any atom is 0.410 e. The van der Waals surface area contributed by atoms with Crippen LogP contribution in [0.1, 0.15) is 31.2 Å². The lowest BCUT2D eigenvalue weighted by molar-refractivity contribution is 0.0753. The molecule has 4 nitrogen and oxygen atoms in total. The molecule has 1 N–H and O–H groups in total. The van der Waals surface area contributed by atoms with Crippen LogP contribution in [0, 0.1) is 0 Å². The van der Waals surface area contributed by atoms with E-state index in [2.05, 4.69) is 5.32 Å². The molecule has 4 heteroatoms. The molecule has 0 radical (unpaired) electrons. The van der Waals surface area contributed by atoms with Crippen molar-refractivity contribution in [2.45, 2.75) is 44.4 Å². The summed E-state index contributed by atoms with van der Waals surface area (Å²) in [7, 11) is 3.81. The number of nitrogens with zero attached hydrogens (tertiary/aromatic N) is 1. The highest BCUT2D eigenvalue weighted by Gasteiger charge is 2.30. The number of carbonyl (C=O) groups is 1. The Labute approximate surface area is 121 Å². The Morgan fingerprint density at radius 1 is 1.30 bits per heavy atom. The van der Waals surface area contributed by atoms with Gasteiger partial charge in [-0.1, -0.05) is 43.2 Å². The first-order valence-electron chi connectivity index (χ1n) is 7.33. The molecule has 0 unspecified atom stereocenters. The van der Waals surface area contributed by atoms with Crippen LogP contribution >= 0.6 is 0 Å². The molecule has 0 heterocycles. The highest BCUT2D eigenvalue weighted by molar-refractivity contribution is 5.67. The first kappa shape index (κ1) is 14.9. The van der Waals surface area contributed by atoms with Crippen molar-refractivity contribution in [3.8, 4) is 0 Å². The summed E-state index contributed by atoms with van der Waals surface area (Å²) in [6.45, 7) is 0.334. The summed E-state index contributed by atoms with van der Waals surface area (Å²) < 4.78 is 5.40. The monoisotopic (exact) mass is 276 g/mol. The highest BCUT2D eigenvalue weighted by Crippen LogP contribution is 2.22. The zero-order chi connectivity index (χ0) is 14.4. The number of ether oxygens (including phenoxy) is 1. The van der Waals surface area contributed by atoms with Crippen LogP contribution in [-0.4, -0.2) is 37.2 Å². The van der Waals surface area contributed by atoms with Crippen molar-refractivity contribution in [2.75, 3.05) is 14.1 Å². The maximum absolute atomic E-state index is 12.2. The topological polar surface area (TPSA) is 41.6 Å². The van der Waals surface area contributed by atoms with Gasteiger partial charge >= 0.3 is 6.09 Å². The molecule has 1 saturated carbocycles. The molecule has 0 saturated heterocycles. The standard InChI is InChI=1S/C16H24N2O2/c1-17-14-10-6-7-11-15(14)18(2)16(19)20-12-13-8-4-3-5-9-13/h3-5,8-9,14-15,17H,6-7,10-12H2,1-2H3/t14-,15-/m1/s1. The van der Waals surface area contributed by atoms with E-state index in [0.29, 0.717) is 12.6 Å². The third-order valence-corrected chi connectivity index (χ3v) is 4.09. The number of likely N-dealkylation sites (N-methyl/N-ethyl adjacent to an activating group) is 2. The van der Waals surface area contributed by atoms with Gasteiger partial charge in [0.1, 0.15) is 6.61 Å². The van der Waals surface area contributed by atoms with Crippen molar-refractivity contribution in [3.63, 3.8) is 0 Å². The van der Waals surface area contributed by atoms with Gasteiger partial charge in [-0.25, -0.2) is 4.79 Å². The lowest BCUT2D eigenvalue weighted by Gasteiger charge is -2.37. The molecule has 0 aromatic heterocycles. The van der Waals surface area contributed by atoms with Crippen LogP contribution in [0.5, 0.6) is 0 Å². The first-order valence-corrected chi connectivity index (χ1v) is 7.33. The Kier molecular flexibility index (Phi) is 5.41. The second-order valence-corrected chi connectivity index (χ2v) is 5.40. The summed E-state index contributed by atoms with van der Waals surface area (Å²) in [6.07, 6.45) is 4.34. The van der Waals surface area contributed by atoms with Crippen molar-refractivity contribution < 1.29 is 9.53 Å². The zero-order valence-corrected chi connectivity index (χ0v) is 12.3. The van der Waals surface area contributed by atoms with Gasteiger partial charge in [-0.3, -0.25) is 0 Å². The molecule has 1 aliphatic rings. The van der Waals surface area contributed by atoms with Gasteiger partial charge in [-0.15, -0.1) is 0 Å². The fourth-order valence-electron chi connectivity index (χ4n) is 2.87. The number of nitrogens with one attached hydrogen (secondary N) is 1. The van der Waals surface area contributed by atoms with Crippen molar-refractivity contribution >= 4 is 6.09 Å². The van der Waals surface area contributed by atoms with Crippen LogP contribution in [0.25, 0.3) is 0 Å². The Morgan fingerprint density at radius 3 is 2.70 bits per heavy atom. The van der Waals surface area contributed by atoms with Crippen LogP contribution in [0.4, 0.5) is 4.79 Å². The third kappa shape index (κ3) is 3.73. The molecule has 0 spiro atoms. The third-order valence-electron chi connectivity index (χ3n) is 4.09. The average molecular weight is 276 g/mol. The molecule has 110 valence electrons. The van der Waals surface area contributed by atoms with Gasteiger partial charge in [0, 0.05) is 19.1 Å². The normalized spacial score (nSPS) is 22.3. The Hall–Kier alpha value is -1.55. The number of benzene rings is 1. The smallest absolute Gasteiger partial charge is 0.410 e. The summed E-state index contributed by atoms with van der Waals surface area (Å²) in [5, 5.41) is 3.31. The fourth-order valence-corrected chi connectivity index (χ4v) is 2.87. The SMILES string of the molecule is CN[C@@H]1CCCC[C@H]1N(C)C(=O)OCc1ccccc1. The minimum atomic E-state index is -0.235. The van der Waals surface area contributed by atoms with Crippen molar-refractivity contribution in [1.29, 1.82) is 0 Å². The van der Waals surface area contributed by atoms with E-state index in [1.54, 1.807) is 4.90 Å². The lowest BCUT2D eigenvalue weighted by Crippen LogP contribution is -2.51. The van der Waals surface area contributed by atoms with E-state index in [9.17, 15) is 4.79 Å². The van der Waals surface area contributed by atoms with Gasteiger partial charge in [0.25, 0.3) is 0 Å². The van der Waals surface area contributed by atoms with Crippen molar-refractivity contribution in [2.24, 2.45) is 0 Å². The lowest BCUT2D eigenvalue weighted by atomic mass is 9.90. The van der Waals surface area contributed by atoms with Gasteiger partial charge in [0.05, 0.1) is 0 Å². The summed E-state index contributed by atoms with van der Waals surface area (Å²) in [4.78, 5) is 13.9. The van der Waals surface area contributed by atoms with Crippen LogP contribution in [0.2, 0.25) is 0 Å². The second kappa shape index (κ2) is 7.29. The highest BCUT2D eigenvalue weighted by atomic mass is 16.6. The predicted molar refractivity (Wildman–Crippen MR) is 79.5 cm³/mol. The zero-order valence-electron chi connectivity index (χ0n) is 12.3. The first-order chi connectivity index (χ1) is 9.72. The summed E-state index contributed by atoms with van der Waals surface area (Å²) >= 11 is 0. The van der Waals surface area contributed by atoms with Gasteiger partial charge in [0.2, 0.25) is 0 Å². The second-order valence-electron chi connectivity index (χ2n) is 5.40. The predicted octanol–water partition coefficient (Wildman–Crippen LogP) is 2.79. The van der Waals surface area contributed by atoms with Crippen molar-refractivity contribution in [1.82, 2.24) is 10.2 Å². The number of hydrogen-bond donors (Lipinski definition) is 1. The number of rotatable bonds is 4. The maximum atomic E-state index is 12.2. The van der Waals surface area contributed by atoms with Crippen LogP contribution < -0.4 is 5.32 Å². The molecule has 1 aliphatic carbocycles. The minimum absolute atomic E-state index is 0.233. The molecule has 0 aliphatic heterocycles. The van der Waals surface area contributed by atoms with Crippen LogP contribution in [0.3, 0.4) is 0 Å². The quantitative estimate of drug-likeness (QED) is 0.919. The molecule has 1 amide bonds. The Morgan fingerprint density at radius 2 is 2.00 bits per heavy atom. The molecule has 1 fully saturated rings. The summed E-state index contributed by atoms with van der Waals surface area (Å²) in [5.41, 5.74) is 1.02. The van der Waals surface area contributed by atoms with Gasteiger partial charge in [0.15, 0.2) is 0 Å². The van der Waals surface area contributed by atoms with E-state index in [-0.39, 0.29) is 12.1 Å². The van der Waals surface area contributed by atoms with E-state index < -0.39 is 0 Å². The largest absolute Gasteiger partial charge is 0.445 e. The molecule has 1 aromatic carbocycles. The molecule has 2 rings (SSSR count). The Bertz CT molecular complexity index is 422. The average Bonchev–Trinajstić information content (AvgIpc) is 2.52. The summed E-state index contributed by atoms with van der Waals surface area (Å²) in [6, 6.07) is 10.4. The van der Waals surface area contributed by atoms with Crippen molar-refractivity contribution in [3.05, 3.63) is 35.9 Å². The van der Waals surface area contributed by atoms with E-state index in [0.717, 1.165) is 18.4 Å². The Balaban J connectivity index is 1.87. The van der Waals surface area contributed by atoms with E-state index in [1.807, 2.05) is 44.4 Å². The summed E-state index contributed by atoms with van der Waals surface area (Å²) in [5.74, 6) is 0. The number of carbonyl (C=O) groups excluding carboxylic acids is 1. The van der Waals surface area contributed by atoms with Crippen LogP contribution in [-0.2, 0) is 11.3 Å².